The maximum Gasteiger partial charge on any atom is 0.0963 e. The third-order valence-electron chi connectivity index (χ3n) is 8.01. The number of aryl methyl sites for hydroxylation is 1. The van der Waals surface area contributed by atoms with Gasteiger partial charge in [0.15, 0.2) is 0 Å². The van der Waals surface area contributed by atoms with Gasteiger partial charge in [-0.1, -0.05) is 66.7 Å². The molecule has 0 radical (unpaired) electrons. The van der Waals surface area contributed by atoms with Crippen LogP contribution in [0.3, 0.4) is 0 Å². The zero-order chi connectivity index (χ0) is 28.0. The van der Waals surface area contributed by atoms with Crippen LogP contribution < -0.4 is 0 Å². The van der Waals surface area contributed by atoms with Gasteiger partial charge in [0.1, 0.15) is 0 Å². The molecular weight excluding hydrogens is 512 g/mol. The molecule has 4 aromatic heterocycles. The highest BCUT2D eigenvalue weighted by molar-refractivity contribution is 6.07. The number of fused-ring (bicyclic) bond motifs is 4. The van der Waals surface area contributed by atoms with E-state index in [2.05, 4.69) is 120 Å². The molecule has 4 heteroatoms. The Hall–Kier alpha value is -5.61. The lowest BCUT2D eigenvalue weighted by atomic mass is 9.98. The molecule has 0 aliphatic heterocycles. The molecule has 8 rings (SSSR count). The van der Waals surface area contributed by atoms with Crippen LogP contribution >= 0.6 is 0 Å². The second-order valence-electron chi connectivity index (χ2n) is 10.6. The van der Waals surface area contributed by atoms with Gasteiger partial charge in [-0.25, -0.2) is 4.98 Å². The molecule has 0 spiro atoms. The number of nitrogens with zero attached hydrogens (tertiary/aromatic N) is 4. The number of benzene rings is 4. The van der Waals surface area contributed by atoms with Crippen molar-refractivity contribution in [1.29, 1.82) is 0 Å². The fourth-order valence-electron chi connectivity index (χ4n) is 5.98. The molecular formula is C38H26N4. The lowest BCUT2D eigenvalue weighted by Crippen LogP contribution is -1.96. The zero-order valence-corrected chi connectivity index (χ0v) is 23.1. The first-order chi connectivity index (χ1) is 20.7. The van der Waals surface area contributed by atoms with Crippen molar-refractivity contribution in [3.05, 3.63) is 145 Å². The average molecular weight is 539 g/mol. The molecule has 198 valence electrons. The quantitative estimate of drug-likeness (QED) is 0.224. The van der Waals surface area contributed by atoms with E-state index < -0.39 is 0 Å². The third-order valence-corrected chi connectivity index (χ3v) is 8.01. The van der Waals surface area contributed by atoms with E-state index in [1.807, 2.05) is 36.7 Å². The monoisotopic (exact) mass is 538 g/mol. The molecule has 0 saturated carbocycles. The van der Waals surface area contributed by atoms with Gasteiger partial charge in [0, 0.05) is 29.0 Å². The van der Waals surface area contributed by atoms with Crippen LogP contribution in [0.25, 0.3) is 72.2 Å². The van der Waals surface area contributed by atoms with Gasteiger partial charge >= 0.3 is 0 Å². The Morgan fingerprint density at radius 1 is 0.500 bits per heavy atom. The Morgan fingerprint density at radius 2 is 1.33 bits per heavy atom. The van der Waals surface area contributed by atoms with Crippen LogP contribution in [0.5, 0.6) is 0 Å². The minimum Gasteiger partial charge on any atom is -0.308 e. The molecule has 0 fully saturated rings. The van der Waals surface area contributed by atoms with Gasteiger partial charge in [-0.3, -0.25) is 9.97 Å². The number of hydrogen-bond acceptors (Lipinski definition) is 3. The Morgan fingerprint density at radius 3 is 2.26 bits per heavy atom. The van der Waals surface area contributed by atoms with Gasteiger partial charge in [-0.15, -0.1) is 0 Å². The molecule has 4 aromatic carbocycles. The van der Waals surface area contributed by atoms with Crippen molar-refractivity contribution in [3.63, 3.8) is 0 Å². The van der Waals surface area contributed by atoms with Crippen molar-refractivity contribution in [1.82, 2.24) is 19.5 Å². The molecule has 0 aliphatic rings. The van der Waals surface area contributed by atoms with Gasteiger partial charge in [-0.05, 0) is 95.1 Å². The average Bonchev–Trinajstić information content (AvgIpc) is 3.39. The van der Waals surface area contributed by atoms with E-state index in [1.165, 1.54) is 16.3 Å². The Labute approximate surface area is 243 Å². The van der Waals surface area contributed by atoms with Gasteiger partial charge in [0.05, 0.1) is 33.6 Å². The smallest absolute Gasteiger partial charge is 0.0963 e. The second kappa shape index (κ2) is 9.79. The van der Waals surface area contributed by atoms with Crippen molar-refractivity contribution >= 4 is 32.7 Å². The van der Waals surface area contributed by atoms with E-state index in [9.17, 15) is 0 Å². The van der Waals surface area contributed by atoms with Gasteiger partial charge < -0.3 is 4.57 Å². The first kappa shape index (κ1) is 24.2. The van der Waals surface area contributed by atoms with Gasteiger partial charge in [0.25, 0.3) is 0 Å². The van der Waals surface area contributed by atoms with Crippen LogP contribution in [0.4, 0.5) is 0 Å². The van der Waals surface area contributed by atoms with Crippen molar-refractivity contribution in [2.24, 2.45) is 0 Å². The minimum absolute atomic E-state index is 0.846. The highest BCUT2D eigenvalue weighted by Crippen LogP contribution is 2.35. The molecule has 0 N–H and O–H groups in total. The fraction of sp³-hybridized carbons (Fsp3) is 0.0263. The molecule has 0 bridgehead atoms. The van der Waals surface area contributed by atoms with Crippen molar-refractivity contribution in [2.45, 2.75) is 6.92 Å². The SMILES string of the molecule is Cc1cccc2cc(-c3cc(-c4cccc(-n5c6ccccc6c6ncccc65)c4)cc(-c4ccccn4)n3)ccc12. The topological polar surface area (TPSA) is 43.6 Å². The highest BCUT2D eigenvalue weighted by Gasteiger charge is 2.15. The molecule has 0 amide bonds. The summed E-state index contributed by atoms with van der Waals surface area (Å²) in [5, 5.41) is 3.62. The predicted octanol–water partition coefficient (Wildman–Crippen LogP) is 9.43. The normalized spacial score (nSPS) is 11.5. The number of para-hydroxylation sites is 1. The summed E-state index contributed by atoms with van der Waals surface area (Å²) in [5.74, 6) is 0. The zero-order valence-electron chi connectivity index (χ0n) is 23.1. The van der Waals surface area contributed by atoms with Crippen molar-refractivity contribution in [2.75, 3.05) is 0 Å². The molecule has 8 aromatic rings. The summed E-state index contributed by atoms with van der Waals surface area (Å²) in [6.07, 6.45) is 3.68. The molecule has 0 aliphatic carbocycles. The summed E-state index contributed by atoms with van der Waals surface area (Å²) in [6.45, 7) is 2.15. The first-order valence-electron chi connectivity index (χ1n) is 14.1. The number of aromatic nitrogens is 4. The molecule has 0 atom stereocenters. The minimum atomic E-state index is 0.846. The third kappa shape index (κ3) is 4.04. The van der Waals surface area contributed by atoms with Crippen LogP contribution in [0.1, 0.15) is 5.56 Å². The Balaban J connectivity index is 1.33. The standard InChI is InChI=1S/C38H26N4/c1-25-9-6-11-27-21-28(17-18-31(25)27)34-23-29(24-35(41-34)33-14-4-5-19-39-33)26-10-7-12-30(22-26)42-36-15-3-2-13-32(36)38-37(42)16-8-20-40-38/h2-24H,1H3. The largest absolute Gasteiger partial charge is 0.308 e. The lowest BCUT2D eigenvalue weighted by Gasteiger charge is -2.13. The van der Waals surface area contributed by atoms with Crippen LogP contribution in [-0.2, 0) is 0 Å². The van der Waals surface area contributed by atoms with E-state index in [1.54, 1.807) is 0 Å². The fourth-order valence-corrected chi connectivity index (χ4v) is 5.98. The van der Waals surface area contributed by atoms with Crippen molar-refractivity contribution < 1.29 is 0 Å². The Bertz CT molecular complexity index is 2210. The van der Waals surface area contributed by atoms with Crippen LogP contribution in [0.15, 0.2) is 140 Å². The predicted molar refractivity (Wildman–Crippen MR) is 173 cm³/mol. The maximum absolute atomic E-state index is 5.11. The summed E-state index contributed by atoms with van der Waals surface area (Å²) in [5.41, 5.74) is 11.5. The van der Waals surface area contributed by atoms with Crippen LogP contribution in [0.2, 0.25) is 0 Å². The van der Waals surface area contributed by atoms with Crippen LogP contribution in [0, 0.1) is 6.92 Å². The maximum atomic E-state index is 5.11. The van der Waals surface area contributed by atoms with E-state index >= 15 is 0 Å². The number of rotatable bonds is 4. The van der Waals surface area contributed by atoms with Crippen molar-refractivity contribution in [3.8, 4) is 39.5 Å². The van der Waals surface area contributed by atoms with E-state index in [0.717, 1.165) is 61.4 Å². The van der Waals surface area contributed by atoms with E-state index in [4.69, 9.17) is 9.97 Å². The van der Waals surface area contributed by atoms with E-state index in [0.29, 0.717) is 0 Å². The van der Waals surface area contributed by atoms with Gasteiger partial charge in [0.2, 0.25) is 0 Å². The highest BCUT2D eigenvalue weighted by atomic mass is 15.0. The number of hydrogen-bond donors (Lipinski definition) is 0. The summed E-state index contributed by atoms with van der Waals surface area (Å²) >= 11 is 0. The summed E-state index contributed by atoms with van der Waals surface area (Å²) in [6, 6.07) is 44.6. The summed E-state index contributed by atoms with van der Waals surface area (Å²) in [4.78, 5) is 14.5. The first-order valence-corrected chi connectivity index (χ1v) is 14.1. The molecule has 4 nitrogen and oxygen atoms in total. The molecule has 42 heavy (non-hydrogen) atoms. The van der Waals surface area contributed by atoms with E-state index in [-0.39, 0.29) is 0 Å². The second-order valence-corrected chi connectivity index (χ2v) is 10.6. The van der Waals surface area contributed by atoms with Gasteiger partial charge in [-0.2, -0.15) is 0 Å². The number of pyridine rings is 3. The summed E-state index contributed by atoms with van der Waals surface area (Å²) in [7, 11) is 0. The Kier molecular flexibility index (Phi) is 5.64. The lowest BCUT2D eigenvalue weighted by molar-refractivity contribution is 1.17. The molecule has 4 heterocycles. The molecule has 0 unspecified atom stereocenters. The summed E-state index contributed by atoms with van der Waals surface area (Å²) < 4.78 is 2.30. The molecule has 0 saturated heterocycles. The van der Waals surface area contributed by atoms with Crippen LogP contribution in [-0.4, -0.2) is 19.5 Å².